The topological polar surface area (TPSA) is 28.2 Å². The minimum Gasteiger partial charge on any atom is -0.378 e. The molecule has 0 radical (unpaired) electrons. The zero-order valence-electron chi connectivity index (χ0n) is 11.8. The number of nitrogens with zero attached hydrogens (tertiary/aromatic N) is 2. The largest absolute Gasteiger partial charge is 0.378 e. The van der Waals surface area contributed by atoms with Gasteiger partial charge in [0.25, 0.3) is 0 Å². The number of likely N-dealkylation sites (N-methyl/N-ethyl adjacent to an activating group) is 1. The fourth-order valence-corrected chi connectivity index (χ4v) is 2.77. The Morgan fingerprint density at radius 3 is 3.05 bits per heavy atom. The van der Waals surface area contributed by atoms with Crippen molar-refractivity contribution >= 4 is 23.0 Å². The van der Waals surface area contributed by atoms with Crippen molar-refractivity contribution in [2.24, 2.45) is 0 Å². The molecule has 2 heterocycles. The molecule has 0 saturated heterocycles. The average molecular weight is 288 g/mol. The highest BCUT2D eigenvalue weighted by Crippen LogP contribution is 2.28. The summed E-state index contributed by atoms with van der Waals surface area (Å²) in [7, 11) is 2.14. The number of nitrogens with one attached hydrogen (secondary N) is 1. The molecular formula is C16H18ClN3. The lowest BCUT2D eigenvalue weighted by molar-refractivity contribution is 0.955. The van der Waals surface area contributed by atoms with E-state index in [1.165, 1.54) is 16.8 Å². The van der Waals surface area contributed by atoms with E-state index in [9.17, 15) is 0 Å². The van der Waals surface area contributed by atoms with Crippen molar-refractivity contribution in [2.45, 2.75) is 19.9 Å². The summed E-state index contributed by atoms with van der Waals surface area (Å²) in [5, 5.41) is 3.89. The molecule has 4 heteroatoms. The summed E-state index contributed by atoms with van der Waals surface area (Å²) in [6, 6.07) is 8.68. The third kappa shape index (κ3) is 2.59. The van der Waals surface area contributed by atoms with Gasteiger partial charge < -0.3 is 10.2 Å². The molecule has 0 amide bonds. The van der Waals surface area contributed by atoms with Crippen molar-refractivity contribution < 1.29 is 0 Å². The number of anilines is 2. The molecule has 0 atom stereocenters. The Kier molecular flexibility index (Phi) is 3.53. The van der Waals surface area contributed by atoms with E-state index in [-0.39, 0.29) is 0 Å². The van der Waals surface area contributed by atoms with E-state index in [0.29, 0.717) is 5.15 Å². The SMILES string of the molecule is Cc1cnc(Cl)c(NCc2ccc3c(c2)CCN3C)c1. The van der Waals surface area contributed by atoms with Gasteiger partial charge >= 0.3 is 0 Å². The molecule has 0 aliphatic carbocycles. The zero-order valence-corrected chi connectivity index (χ0v) is 12.5. The van der Waals surface area contributed by atoms with Crippen molar-refractivity contribution in [3.8, 4) is 0 Å². The molecule has 1 N–H and O–H groups in total. The number of benzene rings is 1. The monoisotopic (exact) mass is 287 g/mol. The second-order valence-electron chi connectivity index (χ2n) is 5.34. The van der Waals surface area contributed by atoms with Gasteiger partial charge in [0.15, 0.2) is 5.15 Å². The molecule has 1 aromatic carbocycles. The Balaban J connectivity index is 1.74. The maximum absolute atomic E-state index is 6.10. The third-order valence-corrected chi connectivity index (χ3v) is 4.03. The fraction of sp³-hybridized carbons (Fsp3) is 0.312. The molecule has 20 heavy (non-hydrogen) atoms. The lowest BCUT2D eigenvalue weighted by atomic mass is 10.1. The van der Waals surface area contributed by atoms with E-state index in [2.05, 4.69) is 40.4 Å². The van der Waals surface area contributed by atoms with Crippen LogP contribution in [0.2, 0.25) is 5.15 Å². The summed E-state index contributed by atoms with van der Waals surface area (Å²) in [6.45, 7) is 3.89. The highest BCUT2D eigenvalue weighted by Gasteiger charge is 2.15. The Morgan fingerprint density at radius 2 is 2.20 bits per heavy atom. The average Bonchev–Trinajstić information content (AvgIpc) is 2.81. The molecule has 3 nitrogen and oxygen atoms in total. The van der Waals surface area contributed by atoms with Gasteiger partial charge in [0.05, 0.1) is 5.69 Å². The number of rotatable bonds is 3. The van der Waals surface area contributed by atoms with Gasteiger partial charge in [0.2, 0.25) is 0 Å². The number of aryl methyl sites for hydroxylation is 1. The summed E-state index contributed by atoms with van der Waals surface area (Å²) < 4.78 is 0. The molecule has 0 spiro atoms. The van der Waals surface area contributed by atoms with E-state index in [1.54, 1.807) is 6.20 Å². The summed E-state index contributed by atoms with van der Waals surface area (Å²) in [5.41, 5.74) is 6.05. The Labute approximate surface area is 124 Å². The second-order valence-corrected chi connectivity index (χ2v) is 5.70. The minimum absolute atomic E-state index is 0.525. The maximum atomic E-state index is 6.10. The van der Waals surface area contributed by atoms with Gasteiger partial charge in [-0.1, -0.05) is 23.7 Å². The van der Waals surface area contributed by atoms with Gasteiger partial charge in [0, 0.05) is 32.0 Å². The van der Waals surface area contributed by atoms with Gasteiger partial charge in [-0.05, 0) is 42.2 Å². The van der Waals surface area contributed by atoms with E-state index in [4.69, 9.17) is 11.6 Å². The molecule has 1 aliphatic rings. The molecule has 0 fully saturated rings. The van der Waals surface area contributed by atoms with Crippen molar-refractivity contribution in [3.63, 3.8) is 0 Å². The highest BCUT2D eigenvalue weighted by molar-refractivity contribution is 6.31. The molecule has 2 aromatic rings. The predicted octanol–water partition coefficient (Wildman–Crippen LogP) is 3.65. The van der Waals surface area contributed by atoms with Gasteiger partial charge in [-0.25, -0.2) is 4.98 Å². The van der Waals surface area contributed by atoms with Crippen LogP contribution >= 0.6 is 11.6 Å². The lowest BCUT2D eigenvalue weighted by Gasteiger charge is -2.13. The smallest absolute Gasteiger partial charge is 0.152 e. The van der Waals surface area contributed by atoms with Crippen LogP contribution in [0.3, 0.4) is 0 Å². The molecule has 104 valence electrons. The summed E-state index contributed by atoms with van der Waals surface area (Å²) in [6.07, 6.45) is 2.91. The first-order valence-electron chi connectivity index (χ1n) is 6.82. The molecule has 3 rings (SSSR count). The number of aromatic nitrogens is 1. The summed E-state index contributed by atoms with van der Waals surface area (Å²) in [5.74, 6) is 0. The fourth-order valence-electron chi connectivity index (χ4n) is 2.60. The van der Waals surface area contributed by atoms with Crippen LogP contribution in [0, 0.1) is 6.92 Å². The molecule has 0 saturated carbocycles. The van der Waals surface area contributed by atoms with Crippen molar-refractivity contribution in [2.75, 3.05) is 23.8 Å². The lowest BCUT2D eigenvalue weighted by Crippen LogP contribution is -2.12. The van der Waals surface area contributed by atoms with Gasteiger partial charge in [-0.3, -0.25) is 0 Å². The zero-order chi connectivity index (χ0) is 14.1. The van der Waals surface area contributed by atoms with Gasteiger partial charge in [-0.2, -0.15) is 0 Å². The Bertz CT molecular complexity index is 640. The number of hydrogen-bond donors (Lipinski definition) is 1. The molecule has 0 bridgehead atoms. The number of hydrogen-bond acceptors (Lipinski definition) is 3. The van der Waals surface area contributed by atoms with Crippen LogP contribution in [0.4, 0.5) is 11.4 Å². The first kappa shape index (κ1) is 13.3. The van der Waals surface area contributed by atoms with E-state index >= 15 is 0 Å². The number of fused-ring (bicyclic) bond motifs is 1. The molecule has 1 aromatic heterocycles. The standard InChI is InChI=1S/C16H18ClN3/c1-11-7-14(16(17)19-9-11)18-10-12-3-4-15-13(8-12)5-6-20(15)2/h3-4,7-9,18H,5-6,10H2,1-2H3. The Hall–Kier alpha value is -1.74. The quantitative estimate of drug-likeness (QED) is 0.874. The summed E-state index contributed by atoms with van der Waals surface area (Å²) >= 11 is 6.10. The normalized spacial score (nSPS) is 13.4. The number of halogens is 1. The van der Waals surface area contributed by atoms with Gasteiger partial charge in [0.1, 0.15) is 0 Å². The third-order valence-electron chi connectivity index (χ3n) is 3.73. The molecule has 0 unspecified atom stereocenters. The first-order chi connectivity index (χ1) is 9.63. The van der Waals surface area contributed by atoms with E-state index in [1.807, 2.05) is 13.0 Å². The van der Waals surface area contributed by atoms with Crippen molar-refractivity contribution in [1.29, 1.82) is 0 Å². The molecular weight excluding hydrogens is 270 g/mol. The van der Waals surface area contributed by atoms with E-state index < -0.39 is 0 Å². The minimum atomic E-state index is 0.525. The highest BCUT2D eigenvalue weighted by atomic mass is 35.5. The second kappa shape index (κ2) is 5.33. The van der Waals surface area contributed by atoms with Crippen LogP contribution in [0.15, 0.2) is 30.5 Å². The maximum Gasteiger partial charge on any atom is 0.152 e. The van der Waals surface area contributed by atoms with Crippen LogP contribution in [0.25, 0.3) is 0 Å². The Morgan fingerprint density at radius 1 is 1.35 bits per heavy atom. The van der Waals surface area contributed by atoms with Crippen molar-refractivity contribution in [1.82, 2.24) is 4.98 Å². The first-order valence-corrected chi connectivity index (χ1v) is 7.20. The van der Waals surface area contributed by atoms with Crippen molar-refractivity contribution in [3.05, 3.63) is 52.3 Å². The van der Waals surface area contributed by atoms with Crippen LogP contribution in [0.5, 0.6) is 0 Å². The van der Waals surface area contributed by atoms with Crippen LogP contribution < -0.4 is 10.2 Å². The van der Waals surface area contributed by atoms with Crippen LogP contribution in [0.1, 0.15) is 16.7 Å². The van der Waals surface area contributed by atoms with Crippen LogP contribution in [-0.2, 0) is 13.0 Å². The molecule has 1 aliphatic heterocycles. The van der Waals surface area contributed by atoms with Crippen LogP contribution in [-0.4, -0.2) is 18.6 Å². The predicted molar refractivity (Wildman–Crippen MR) is 84.7 cm³/mol. The van der Waals surface area contributed by atoms with E-state index in [0.717, 1.165) is 30.8 Å². The van der Waals surface area contributed by atoms with Gasteiger partial charge in [-0.15, -0.1) is 0 Å². The number of pyridine rings is 1. The summed E-state index contributed by atoms with van der Waals surface area (Å²) in [4.78, 5) is 6.45.